The molecule has 4 rings (SSSR count). The first-order valence-electron chi connectivity index (χ1n) is 10.5. The number of aryl methyl sites for hydroxylation is 1. The largest absolute Gasteiger partial charge is 0.459 e. The van der Waals surface area contributed by atoms with Gasteiger partial charge in [0.05, 0.1) is 12.2 Å². The molecule has 1 atom stereocenters. The van der Waals surface area contributed by atoms with Gasteiger partial charge >= 0.3 is 0 Å². The van der Waals surface area contributed by atoms with Gasteiger partial charge in [0.15, 0.2) is 5.76 Å². The number of nitrogens with zero attached hydrogens (tertiary/aromatic N) is 1. The Hall–Kier alpha value is -3.87. The van der Waals surface area contributed by atoms with Crippen molar-refractivity contribution in [3.63, 3.8) is 0 Å². The van der Waals surface area contributed by atoms with Crippen molar-refractivity contribution >= 4 is 29.1 Å². The van der Waals surface area contributed by atoms with Crippen LogP contribution in [0.25, 0.3) is 0 Å². The number of nitrogens with one attached hydrogen (secondary N) is 2. The van der Waals surface area contributed by atoms with Crippen LogP contribution < -0.4 is 15.5 Å². The summed E-state index contributed by atoms with van der Waals surface area (Å²) in [5.41, 5.74) is 4.57. The summed E-state index contributed by atoms with van der Waals surface area (Å²) in [6.45, 7) is 4.73. The molecule has 2 heterocycles. The lowest BCUT2D eigenvalue weighted by Gasteiger charge is -2.20. The first-order chi connectivity index (χ1) is 15.4. The zero-order valence-corrected chi connectivity index (χ0v) is 18.1. The summed E-state index contributed by atoms with van der Waals surface area (Å²) in [4.78, 5) is 39.0. The van der Waals surface area contributed by atoms with Crippen molar-refractivity contribution < 1.29 is 18.8 Å². The third-order valence-corrected chi connectivity index (χ3v) is 5.79. The molecule has 1 aliphatic heterocycles. The third-order valence-electron chi connectivity index (χ3n) is 5.79. The fourth-order valence-electron chi connectivity index (χ4n) is 3.78. The summed E-state index contributed by atoms with van der Waals surface area (Å²) < 4.78 is 5.07. The van der Waals surface area contributed by atoms with E-state index >= 15 is 0 Å². The van der Waals surface area contributed by atoms with E-state index in [1.807, 2.05) is 44.2 Å². The molecule has 0 aliphatic carbocycles. The van der Waals surface area contributed by atoms with Crippen LogP contribution in [0, 0.1) is 19.8 Å². The molecule has 3 amide bonds. The highest BCUT2D eigenvalue weighted by atomic mass is 16.3. The number of hydrogen-bond acceptors (Lipinski definition) is 4. The molecule has 1 saturated heterocycles. The van der Waals surface area contributed by atoms with Crippen LogP contribution in [0.15, 0.2) is 65.3 Å². The minimum absolute atomic E-state index is 0.0319. The molecule has 0 spiro atoms. The van der Waals surface area contributed by atoms with Crippen molar-refractivity contribution in [1.29, 1.82) is 0 Å². The maximum atomic E-state index is 12.7. The molecule has 0 saturated carbocycles. The summed E-state index contributed by atoms with van der Waals surface area (Å²) >= 11 is 0. The van der Waals surface area contributed by atoms with E-state index in [0.717, 1.165) is 22.4 Å². The molecule has 1 fully saturated rings. The van der Waals surface area contributed by atoms with Crippen LogP contribution in [0.5, 0.6) is 0 Å². The van der Waals surface area contributed by atoms with Gasteiger partial charge in [0.2, 0.25) is 11.8 Å². The van der Waals surface area contributed by atoms with Crippen molar-refractivity contribution in [3.8, 4) is 0 Å². The maximum absolute atomic E-state index is 12.7. The first kappa shape index (κ1) is 21.4. The van der Waals surface area contributed by atoms with E-state index in [4.69, 9.17) is 4.42 Å². The topological polar surface area (TPSA) is 91.7 Å². The number of carbonyl (C=O) groups excluding carboxylic acids is 3. The average molecular weight is 431 g/mol. The molecule has 7 heteroatoms. The predicted octanol–water partition coefficient (Wildman–Crippen LogP) is 3.82. The Morgan fingerprint density at radius 3 is 2.56 bits per heavy atom. The van der Waals surface area contributed by atoms with E-state index in [1.165, 1.54) is 6.26 Å². The van der Waals surface area contributed by atoms with Gasteiger partial charge < -0.3 is 20.0 Å². The molecular weight excluding hydrogens is 406 g/mol. The van der Waals surface area contributed by atoms with Crippen molar-refractivity contribution in [1.82, 2.24) is 5.32 Å². The summed E-state index contributed by atoms with van der Waals surface area (Å²) in [7, 11) is 0. The Morgan fingerprint density at radius 2 is 1.84 bits per heavy atom. The fourth-order valence-corrected chi connectivity index (χ4v) is 3.78. The van der Waals surface area contributed by atoms with E-state index in [0.29, 0.717) is 18.8 Å². The van der Waals surface area contributed by atoms with Gasteiger partial charge in [-0.25, -0.2) is 0 Å². The number of amides is 3. The van der Waals surface area contributed by atoms with Gasteiger partial charge in [0.1, 0.15) is 0 Å². The predicted molar refractivity (Wildman–Crippen MR) is 121 cm³/mol. The Kier molecular flexibility index (Phi) is 6.07. The molecule has 164 valence electrons. The van der Waals surface area contributed by atoms with Crippen molar-refractivity contribution in [2.45, 2.75) is 26.8 Å². The lowest BCUT2D eigenvalue weighted by atomic mass is 10.1. The van der Waals surface area contributed by atoms with Crippen molar-refractivity contribution in [2.75, 3.05) is 16.8 Å². The van der Waals surface area contributed by atoms with Gasteiger partial charge in [0, 0.05) is 30.9 Å². The normalized spacial score (nSPS) is 15.6. The third kappa shape index (κ3) is 4.56. The SMILES string of the molecule is Cc1cccc(N2CC(C(=O)NCc3ccc(NC(=O)c4ccco4)cc3)CC2=O)c1C. The number of anilines is 2. The van der Waals surface area contributed by atoms with Crippen LogP contribution in [-0.2, 0) is 16.1 Å². The van der Waals surface area contributed by atoms with Gasteiger partial charge in [0.25, 0.3) is 5.91 Å². The highest BCUT2D eigenvalue weighted by Crippen LogP contribution is 2.29. The van der Waals surface area contributed by atoms with E-state index in [9.17, 15) is 14.4 Å². The van der Waals surface area contributed by atoms with Gasteiger partial charge in [-0.1, -0.05) is 24.3 Å². The first-order valence-corrected chi connectivity index (χ1v) is 10.5. The molecule has 7 nitrogen and oxygen atoms in total. The van der Waals surface area contributed by atoms with E-state index in [-0.39, 0.29) is 35.8 Å². The molecule has 0 radical (unpaired) electrons. The highest BCUT2D eigenvalue weighted by Gasteiger charge is 2.35. The van der Waals surface area contributed by atoms with Crippen LogP contribution >= 0.6 is 0 Å². The van der Waals surface area contributed by atoms with E-state index < -0.39 is 0 Å². The van der Waals surface area contributed by atoms with Gasteiger partial charge in [-0.15, -0.1) is 0 Å². The number of carbonyl (C=O) groups is 3. The second kappa shape index (κ2) is 9.09. The number of hydrogen-bond donors (Lipinski definition) is 2. The fraction of sp³-hybridized carbons (Fsp3) is 0.240. The zero-order chi connectivity index (χ0) is 22.7. The number of furan rings is 1. The summed E-state index contributed by atoms with van der Waals surface area (Å²) in [5.74, 6) is -0.635. The monoisotopic (exact) mass is 431 g/mol. The minimum Gasteiger partial charge on any atom is -0.459 e. The summed E-state index contributed by atoms with van der Waals surface area (Å²) in [6, 6.07) is 16.3. The molecule has 32 heavy (non-hydrogen) atoms. The van der Waals surface area contributed by atoms with Gasteiger partial charge in [-0.3, -0.25) is 14.4 Å². The minimum atomic E-state index is -0.380. The molecular formula is C25H25N3O4. The molecule has 2 N–H and O–H groups in total. The molecule has 3 aromatic rings. The second-order valence-corrected chi connectivity index (χ2v) is 7.97. The van der Waals surface area contributed by atoms with Gasteiger partial charge in [-0.2, -0.15) is 0 Å². The Labute approximate surface area is 186 Å². The van der Waals surface area contributed by atoms with Crippen molar-refractivity contribution in [2.24, 2.45) is 5.92 Å². The molecule has 1 unspecified atom stereocenters. The van der Waals surface area contributed by atoms with E-state index in [2.05, 4.69) is 10.6 Å². The molecule has 2 aromatic carbocycles. The average Bonchev–Trinajstić information content (AvgIpc) is 3.45. The second-order valence-electron chi connectivity index (χ2n) is 7.97. The molecule has 1 aromatic heterocycles. The standard InChI is InChI=1S/C25H25N3O4/c1-16-5-3-6-21(17(16)2)28-15-19(13-23(28)29)24(30)26-14-18-8-10-20(11-9-18)27-25(31)22-7-4-12-32-22/h3-12,19H,13-15H2,1-2H3,(H,26,30)(H,27,31). The molecule has 0 bridgehead atoms. The van der Waals surface area contributed by atoms with Crippen LogP contribution in [0.3, 0.4) is 0 Å². The molecule has 1 aliphatic rings. The summed E-state index contributed by atoms with van der Waals surface area (Å²) in [5, 5.41) is 5.67. The lowest BCUT2D eigenvalue weighted by molar-refractivity contribution is -0.126. The van der Waals surface area contributed by atoms with Gasteiger partial charge in [-0.05, 0) is 60.9 Å². The Bertz CT molecular complexity index is 1140. The quantitative estimate of drug-likeness (QED) is 0.621. The number of benzene rings is 2. The van der Waals surface area contributed by atoms with Crippen LogP contribution in [0.4, 0.5) is 11.4 Å². The summed E-state index contributed by atoms with van der Waals surface area (Å²) in [6.07, 6.45) is 1.65. The highest BCUT2D eigenvalue weighted by molar-refractivity contribution is 6.02. The smallest absolute Gasteiger partial charge is 0.291 e. The number of rotatable bonds is 6. The Morgan fingerprint density at radius 1 is 1.06 bits per heavy atom. The lowest BCUT2D eigenvalue weighted by Crippen LogP contribution is -2.32. The van der Waals surface area contributed by atoms with E-state index in [1.54, 1.807) is 29.2 Å². The Balaban J connectivity index is 1.31. The van der Waals surface area contributed by atoms with Crippen molar-refractivity contribution in [3.05, 3.63) is 83.3 Å². The van der Waals surface area contributed by atoms with Crippen LogP contribution in [0.2, 0.25) is 0 Å². The zero-order valence-electron chi connectivity index (χ0n) is 18.1. The van der Waals surface area contributed by atoms with Crippen LogP contribution in [-0.4, -0.2) is 24.3 Å². The van der Waals surface area contributed by atoms with Crippen LogP contribution in [0.1, 0.15) is 33.7 Å². The maximum Gasteiger partial charge on any atom is 0.291 e.